The average Bonchev–Trinajstić information content (AvgIpc) is 2.91. The van der Waals surface area contributed by atoms with Crippen molar-refractivity contribution in [3.05, 3.63) is 28.8 Å². The van der Waals surface area contributed by atoms with Gasteiger partial charge in [-0.15, -0.1) is 11.3 Å². The second-order valence-electron chi connectivity index (χ2n) is 5.96. The first-order valence-corrected chi connectivity index (χ1v) is 8.59. The molecule has 1 heterocycles. The number of aryl methyl sites for hydroxylation is 1. The summed E-state index contributed by atoms with van der Waals surface area (Å²) in [4.78, 5) is 40.1. The molecule has 0 aliphatic rings. The Morgan fingerprint density at radius 3 is 2.54 bits per heavy atom. The molecule has 1 aromatic heterocycles. The van der Waals surface area contributed by atoms with E-state index in [4.69, 9.17) is 0 Å². The molecule has 1 amide bonds. The molecule has 0 fully saturated rings. The molecule has 2 rings (SSSR count). The summed E-state index contributed by atoms with van der Waals surface area (Å²) in [5.74, 6) is -2.91. The van der Waals surface area contributed by atoms with Gasteiger partial charge in [0.1, 0.15) is 5.01 Å². The third-order valence-corrected chi connectivity index (χ3v) is 4.68. The van der Waals surface area contributed by atoms with E-state index in [1.807, 2.05) is 25.1 Å². The predicted molar refractivity (Wildman–Crippen MR) is 91.0 cm³/mol. The van der Waals surface area contributed by atoms with Crippen LogP contribution in [0.5, 0.6) is 0 Å². The Morgan fingerprint density at radius 1 is 1.19 bits per heavy atom. The first-order valence-electron chi connectivity index (χ1n) is 7.78. The Morgan fingerprint density at radius 2 is 1.88 bits per heavy atom. The summed E-state index contributed by atoms with van der Waals surface area (Å²) in [7, 11) is 1.32. The highest BCUT2D eigenvalue weighted by Crippen LogP contribution is 2.23. The van der Waals surface area contributed by atoms with Gasteiger partial charge in [0, 0.05) is 19.9 Å². The van der Waals surface area contributed by atoms with Gasteiger partial charge in [-0.1, -0.05) is 6.07 Å². The van der Waals surface area contributed by atoms with Crippen LogP contribution >= 0.6 is 11.3 Å². The lowest BCUT2D eigenvalue weighted by Gasteiger charge is -2.16. The van der Waals surface area contributed by atoms with Crippen molar-refractivity contribution in [2.75, 3.05) is 13.6 Å². The number of Topliss-reactive ketones (excluding diaryl/α,β-unsaturated/α-hetero) is 2. The number of ketones is 2. The molecule has 140 valence electrons. The van der Waals surface area contributed by atoms with Crippen LogP contribution in [-0.2, 0) is 20.8 Å². The highest BCUT2D eigenvalue weighted by molar-refractivity contribution is 7.18. The molecule has 0 atom stereocenters. The number of aromatic nitrogens is 1. The molecule has 0 saturated heterocycles. The maximum absolute atomic E-state index is 12.1. The standard InChI is InChI=1S/C17H17F3N2O3S/c1-10-3-4-12-13(7-10)26-15(21-12)8-11(23)9-22(2)16(25)6-5-14(24)17(18,19)20/h3-4,7H,5-6,8-9H2,1-2H3. The van der Waals surface area contributed by atoms with Crippen LogP contribution in [0.15, 0.2) is 18.2 Å². The quantitative estimate of drug-likeness (QED) is 0.733. The second-order valence-corrected chi connectivity index (χ2v) is 7.08. The Bertz CT molecular complexity index is 845. The molecule has 0 spiro atoms. The molecule has 0 saturated carbocycles. The van der Waals surface area contributed by atoms with Crippen molar-refractivity contribution in [1.82, 2.24) is 9.88 Å². The fourth-order valence-electron chi connectivity index (χ4n) is 2.29. The molecular formula is C17H17F3N2O3S. The molecule has 0 unspecified atom stereocenters. The third-order valence-electron chi connectivity index (χ3n) is 3.66. The monoisotopic (exact) mass is 386 g/mol. The lowest BCUT2D eigenvalue weighted by molar-refractivity contribution is -0.171. The van der Waals surface area contributed by atoms with E-state index in [-0.39, 0.29) is 18.7 Å². The zero-order valence-corrected chi connectivity index (χ0v) is 15.0. The largest absolute Gasteiger partial charge is 0.449 e. The number of thiazole rings is 1. The van der Waals surface area contributed by atoms with E-state index in [1.165, 1.54) is 18.4 Å². The Kier molecular flexibility index (Phi) is 6.12. The molecule has 0 aliphatic heterocycles. The highest BCUT2D eigenvalue weighted by atomic mass is 32.1. The van der Waals surface area contributed by atoms with E-state index in [1.54, 1.807) is 0 Å². The van der Waals surface area contributed by atoms with Gasteiger partial charge in [0.25, 0.3) is 0 Å². The zero-order chi connectivity index (χ0) is 19.5. The zero-order valence-electron chi connectivity index (χ0n) is 14.2. The van der Waals surface area contributed by atoms with E-state index in [0.717, 1.165) is 20.7 Å². The number of carbonyl (C=O) groups excluding carboxylic acids is 3. The van der Waals surface area contributed by atoms with Crippen LogP contribution in [0.25, 0.3) is 10.2 Å². The number of benzene rings is 1. The normalized spacial score (nSPS) is 11.6. The average molecular weight is 386 g/mol. The molecule has 5 nitrogen and oxygen atoms in total. The van der Waals surface area contributed by atoms with Crippen molar-refractivity contribution in [3.63, 3.8) is 0 Å². The van der Waals surface area contributed by atoms with Gasteiger partial charge in [-0.05, 0) is 24.6 Å². The number of amides is 1. The van der Waals surface area contributed by atoms with Crippen LogP contribution in [0.2, 0.25) is 0 Å². The van der Waals surface area contributed by atoms with Crippen molar-refractivity contribution in [2.24, 2.45) is 0 Å². The number of hydrogen-bond donors (Lipinski definition) is 0. The van der Waals surface area contributed by atoms with Crippen LogP contribution in [-0.4, -0.2) is 47.1 Å². The van der Waals surface area contributed by atoms with Gasteiger partial charge in [0.2, 0.25) is 11.7 Å². The van der Waals surface area contributed by atoms with Crippen LogP contribution in [0.1, 0.15) is 23.4 Å². The molecule has 2 aromatic rings. The first-order chi connectivity index (χ1) is 12.1. The fraction of sp³-hybridized carbons (Fsp3) is 0.412. The fourth-order valence-corrected chi connectivity index (χ4v) is 3.38. The summed E-state index contributed by atoms with van der Waals surface area (Å²) >= 11 is 1.39. The number of alkyl halides is 3. The number of fused-ring (bicyclic) bond motifs is 1. The summed E-state index contributed by atoms with van der Waals surface area (Å²) in [6.45, 7) is 1.71. The van der Waals surface area contributed by atoms with Crippen LogP contribution in [0.3, 0.4) is 0 Å². The van der Waals surface area contributed by atoms with Gasteiger partial charge in [0.15, 0.2) is 5.78 Å². The first kappa shape index (κ1) is 20.0. The molecular weight excluding hydrogens is 369 g/mol. The van der Waals surface area contributed by atoms with Gasteiger partial charge in [-0.3, -0.25) is 14.4 Å². The molecule has 0 radical (unpaired) electrons. The van der Waals surface area contributed by atoms with Crippen LogP contribution in [0, 0.1) is 6.92 Å². The molecule has 9 heteroatoms. The number of likely N-dealkylation sites (N-methyl/N-ethyl adjacent to an activating group) is 1. The molecule has 0 N–H and O–H groups in total. The Hall–Kier alpha value is -2.29. The van der Waals surface area contributed by atoms with Crippen LogP contribution < -0.4 is 0 Å². The lowest BCUT2D eigenvalue weighted by Crippen LogP contribution is -2.33. The van der Waals surface area contributed by atoms with E-state index in [9.17, 15) is 27.6 Å². The van der Waals surface area contributed by atoms with Crippen molar-refractivity contribution in [3.8, 4) is 0 Å². The summed E-state index contributed by atoms with van der Waals surface area (Å²) in [6.07, 6.45) is -6.40. The third kappa shape index (κ3) is 5.35. The van der Waals surface area contributed by atoms with Gasteiger partial charge in [-0.25, -0.2) is 4.98 Å². The van der Waals surface area contributed by atoms with E-state index in [0.29, 0.717) is 5.01 Å². The number of nitrogens with zero attached hydrogens (tertiary/aromatic N) is 2. The number of halogens is 3. The van der Waals surface area contributed by atoms with E-state index < -0.39 is 30.7 Å². The smallest absolute Gasteiger partial charge is 0.338 e. The predicted octanol–water partition coefficient (Wildman–Crippen LogP) is 3.09. The van der Waals surface area contributed by atoms with Crippen LogP contribution in [0.4, 0.5) is 13.2 Å². The van der Waals surface area contributed by atoms with Gasteiger partial charge >= 0.3 is 6.18 Å². The summed E-state index contributed by atoms with van der Waals surface area (Å²) in [6, 6.07) is 5.75. The summed E-state index contributed by atoms with van der Waals surface area (Å²) < 4.78 is 37.4. The van der Waals surface area contributed by atoms with Crippen molar-refractivity contribution in [2.45, 2.75) is 32.4 Å². The van der Waals surface area contributed by atoms with Gasteiger partial charge in [-0.2, -0.15) is 13.2 Å². The van der Waals surface area contributed by atoms with E-state index >= 15 is 0 Å². The highest BCUT2D eigenvalue weighted by Gasteiger charge is 2.37. The maximum atomic E-state index is 12.1. The SMILES string of the molecule is Cc1ccc2nc(CC(=O)CN(C)C(=O)CCC(=O)C(F)(F)F)sc2c1. The molecule has 1 aromatic carbocycles. The summed E-state index contributed by atoms with van der Waals surface area (Å²) in [5, 5.41) is 0.615. The van der Waals surface area contributed by atoms with E-state index in [2.05, 4.69) is 4.98 Å². The minimum atomic E-state index is -4.94. The lowest BCUT2D eigenvalue weighted by atomic mass is 10.2. The Labute approximate surface area is 151 Å². The number of hydrogen-bond acceptors (Lipinski definition) is 5. The van der Waals surface area contributed by atoms with Gasteiger partial charge in [0.05, 0.1) is 23.2 Å². The molecule has 0 aliphatic carbocycles. The second kappa shape index (κ2) is 7.94. The Balaban J connectivity index is 1.87. The van der Waals surface area contributed by atoms with Crippen molar-refractivity contribution < 1.29 is 27.6 Å². The number of rotatable bonds is 7. The minimum absolute atomic E-state index is 0.0392. The van der Waals surface area contributed by atoms with Crippen molar-refractivity contribution in [1.29, 1.82) is 0 Å². The topological polar surface area (TPSA) is 67.3 Å². The summed E-state index contributed by atoms with van der Waals surface area (Å²) in [5.41, 5.74) is 1.87. The minimum Gasteiger partial charge on any atom is -0.338 e. The molecule has 26 heavy (non-hydrogen) atoms. The maximum Gasteiger partial charge on any atom is 0.449 e. The van der Waals surface area contributed by atoms with Gasteiger partial charge < -0.3 is 4.90 Å². The van der Waals surface area contributed by atoms with Crippen molar-refractivity contribution >= 4 is 39.0 Å². The molecule has 0 bridgehead atoms. The number of carbonyl (C=O) groups is 3.